The Morgan fingerprint density at radius 3 is 1.88 bits per heavy atom. The maximum absolute atomic E-state index is 13.0. The van der Waals surface area contributed by atoms with Crippen molar-refractivity contribution in [3.05, 3.63) is 0 Å². The number of carbonyl (C=O) groups is 4. The SMILES string of the molecule is COC(=O)[C@@H]1C[C@@H](N(CCNC(=O)OC(C)(C)C)C(=O)OC(C)(C)C)CN1C(=O)OC(C)(C)C. The van der Waals surface area contributed by atoms with Crippen molar-refractivity contribution in [1.82, 2.24) is 15.1 Å². The maximum Gasteiger partial charge on any atom is 0.411 e. The first kappa shape index (κ1) is 29.3. The Morgan fingerprint density at radius 1 is 0.882 bits per heavy atom. The molecule has 34 heavy (non-hydrogen) atoms. The minimum Gasteiger partial charge on any atom is -0.467 e. The molecule has 0 radical (unpaired) electrons. The molecule has 0 unspecified atom stereocenters. The van der Waals surface area contributed by atoms with E-state index in [2.05, 4.69) is 5.32 Å². The molecule has 2 atom stereocenters. The molecule has 0 bridgehead atoms. The lowest BCUT2D eigenvalue weighted by Gasteiger charge is -2.32. The number of esters is 1. The molecule has 1 fully saturated rings. The zero-order valence-corrected chi connectivity index (χ0v) is 22.1. The zero-order chi connectivity index (χ0) is 26.5. The van der Waals surface area contributed by atoms with Crippen LogP contribution in [0.25, 0.3) is 0 Å². The van der Waals surface area contributed by atoms with E-state index in [0.717, 1.165) is 0 Å². The van der Waals surface area contributed by atoms with Crippen LogP contribution in [0.15, 0.2) is 0 Å². The van der Waals surface area contributed by atoms with Crippen molar-refractivity contribution in [1.29, 1.82) is 0 Å². The molecule has 11 nitrogen and oxygen atoms in total. The van der Waals surface area contributed by atoms with Gasteiger partial charge >= 0.3 is 24.2 Å². The largest absolute Gasteiger partial charge is 0.467 e. The van der Waals surface area contributed by atoms with Gasteiger partial charge in [-0.1, -0.05) is 0 Å². The van der Waals surface area contributed by atoms with Crippen LogP contribution in [0.1, 0.15) is 68.7 Å². The van der Waals surface area contributed by atoms with Gasteiger partial charge in [-0.25, -0.2) is 19.2 Å². The lowest BCUT2D eigenvalue weighted by atomic mass is 10.1. The topological polar surface area (TPSA) is 124 Å². The Hall–Kier alpha value is -2.72. The summed E-state index contributed by atoms with van der Waals surface area (Å²) in [6.45, 7) is 15.8. The van der Waals surface area contributed by atoms with Gasteiger partial charge in [0.25, 0.3) is 0 Å². The maximum atomic E-state index is 13.0. The number of hydrogen-bond acceptors (Lipinski definition) is 8. The molecule has 0 aliphatic carbocycles. The molecule has 0 aromatic rings. The number of nitrogens with zero attached hydrogens (tertiary/aromatic N) is 2. The number of nitrogens with one attached hydrogen (secondary N) is 1. The van der Waals surface area contributed by atoms with Crippen molar-refractivity contribution in [2.45, 2.75) is 97.6 Å². The molecule has 196 valence electrons. The molecule has 0 aromatic heterocycles. The third-order valence-electron chi connectivity index (χ3n) is 4.47. The molecule has 1 aliphatic rings. The van der Waals surface area contributed by atoms with Crippen LogP contribution in [0.2, 0.25) is 0 Å². The van der Waals surface area contributed by atoms with Crippen LogP contribution in [0.4, 0.5) is 14.4 Å². The molecule has 0 spiro atoms. The van der Waals surface area contributed by atoms with Gasteiger partial charge in [0.1, 0.15) is 22.8 Å². The Kier molecular flexibility index (Phi) is 9.60. The first-order valence-corrected chi connectivity index (χ1v) is 11.4. The van der Waals surface area contributed by atoms with Crippen molar-refractivity contribution < 1.29 is 38.1 Å². The van der Waals surface area contributed by atoms with Gasteiger partial charge in [-0.05, 0) is 62.3 Å². The third kappa shape index (κ3) is 10.0. The minimum atomic E-state index is -0.923. The van der Waals surface area contributed by atoms with Crippen LogP contribution in [-0.4, -0.2) is 89.7 Å². The van der Waals surface area contributed by atoms with E-state index in [1.165, 1.54) is 16.9 Å². The molecule has 1 aliphatic heterocycles. The Morgan fingerprint density at radius 2 is 1.41 bits per heavy atom. The molecule has 3 amide bonds. The minimum absolute atomic E-state index is 0.0420. The molecule has 1 saturated heterocycles. The molecular formula is C23H41N3O8. The summed E-state index contributed by atoms with van der Waals surface area (Å²) in [5.41, 5.74) is -2.20. The fourth-order valence-corrected chi connectivity index (χ4v) is 3.26. The van der Waals surface area contributed by atoms with Gasteiger partial charge in [-0.15, -0.1) is 0 Å². The van der Waals surface area contributed by atoms with Gasteiger partial charge in [-0.2, -0.15) is 0 Å². The van der Waals surface area contributed by atoms with E-state index in [1.54, 1.807) is 62.3 Å². The predicted molar refractivity (Wildman–Crippen MR) is 124 cm³/mol. The van der Waals surface area contributed by atoms with Gasteiger partial charge in [0, 0.05) is 26.1 Å². The molecule has 0 saturated carbocycles. The fraction of sp³-hybridized carbons (Fsp3) is 0.826. The number of rotatable bonds is 5. The van der Waals surface area contributed by atoms with Crippen molar-refractivity contribution in [3.8, 4) is 0 Å². The monoisotopic (exact) mass is 487 g/mol. The van der Waals surface area contributed by atoms with E-state index < -0.39 is 53.1 Å². The lowest BCUT2D eigenvalue weighted by Crippen LogP contribution is -2.48. The highest BCUT2D eigenvalue weighted by molar-refractivity contribution is 5.82. The van der Waals surface area contributed by atoms with E-state index in [0.29, 0.717) is 0 Å². The van der Waals surface area contributed by atoms with Crippen LogP contribution in [0.5, 0.6) is 0 Å². The number of methoxy groups -OCH3 is 1. The van der Waals surface area contributed by atoms with Gasteiger partial charge in [0.05, 0.1) is 13.2 Å². The average molecular weight is 488 g/mol. The van der Waals surface area contributed by atoms with Gasteiger partial charge in [0.2, 0.25) is 0 Å². The normalized spacial score (nSPS) is 18.7. The van der Waals surface area contributed by atoms with Crippen LogP contribution < -0.4 is 5.32 Å². The summed E-state index contributed by atoms with van der Waals surface area (Å²) in [4.78, 5) is 52.9. The lowest BCUT2D eigenvalue weighted by molar-refractivity contribution is -0.145. The standard InChI is InChI=1S/C23H41N3O8/c1-21(2,3)32-18(28)24-11-12-25(19(29)33-22(4,5)6)15-13-16(17(27)31-10)26(14-15)20(30)34-23(7,8)9/h15-16H,11-14H2,1-10H3,(H,24,28)/t15-,16+/m1/s1. The van der Waals surface area contributed by atoms with E-state index >= 15 is 0 Å². The second-order valence-corrected chi connectivity index (χ2v) is 11.2. The van der Waals surface area contributed by atoms with E-state index in [-0.39, 0.29) is 26.1 Å². The van der Waals surface area contributed by atoms with Gasteiger partial charge in [0.15, 0.2) is 0 Å². The first-order chi connectivity index (χ1) is 15.3. The van der Waals surface area contributed by atoms with Crippen LogP contribution in [0.3, 0.4) is 0 Å². The smallest absolute Gasteiger partial charge is 0.411 e. The Labute approximate surface area is 202 Å². The highest BCUT2D eigenvalue weighted by Crippen LogP contribution is 2.27. The van der Waals surface area contributed by atoms with Crippen molar-refractivity contribution in [2.75, 3.05) is 26.7 Å². The van der Waals surface area contributed by atoms with Gasteiger partial charge < -0.3 is 29.2 Å². The summed E-state index contributed by atoms with van der Waals surface area (Å²) in [6.07, 6.45) is -1.79. The van der Waals surface area contributed by atoms with Crippen LogP contribution >= 0.6 is 0 Å². The summed E-state index contributed by atoms with van der Waals surface area (Å²) < 4.78 is 21.1. The summed E-state index contributed by atoms with van der Waals surface area (Å²) in [5.74, 6) is -0.607. The quantitative estimate of drug-likeness (QED) is 0.463. The zero-order valence-electron chi connectivity index (χ0n) is 22.1. The van der Waals surface area contributed by atoms with Crippen LogP contribution in [-0.2, 0) is 23.7 Å². The second kappa shape index (κ2) is 11.1. The molecular weight excluding hydrogens is 446 g/mol. The summed E-state index contributed by atoms with van der Waals surface area (Å²) in [7, 11) is 1.24. The average Bonchev–Trinajstić information content (AvgIpc) is 3.05. The highest BCUT2D eigenvalue weighted by Gasteiger charge is 2.45. The van der Waals surface area contributed by atoms with E-state index in [4.69, 9.17) is 18.9 Å². The summed E-state index contributed by atoms with van der Waals surface area (Å²) in [6, 6.07) is -1.49. The first-order valence-electron chi connectivity index (χ1n) is 11.4. The molecule has 0 aromatic carbocycles. The van der Waals surface area contributed by atoms with Crippen LogP contribution in [0, 0.1) is 0 Å². The molecule has 1 rings (SSSR count). The highest BCUT2D eigenvalue weighted by atomic mass is 16.6. The Balaban J connectivity index is 3.07. The summed E-state index contributed by atoms with van der Waals surface area (Å²) >= 11 is 0. The van der Waals surface area contributed by atoms with Crippen molar-refractivity contribution in [3.63, 3.8) is 0 Å². The van der Waals surface area contributed by atoms with Crippen molar-refractivity contribution in [2.24, 2.45) is 0 Å². The van der Waals surface area contributed by atoms with E-state index in [9.17, 15) is 19.2 Å². The predicted octanol–water partition coefficient (Wildman–Crippen LogP) is 3.30. The fourth-order valence-electron chi connectivity index (χ4n) is 3.26. The second-order valence-electron chi connectivity index (χ2n) is 11.2. The molecule has 1 heterocycles. The Bertz CT molecular complexity index is 749. The third-order valence-corrected chi connectivity index (χ3v) is 4.47. The molecule has 1 N–H and O–H groups in total. The number of hydrogen-bond donors (Lipinski definition) is 1. The number of likely N-dealkylation sites (tertiary alicyclic amines) is 1. The molecule has 11 heteroatoms. The van der Waals surface area contributed by atoms with Crippen molar-refractivity contribution >= 4 is 24.2 Å². The number of alkyl carbamates (subject to hydrolysis) is 1. The van der Waals surface area contributed by atoms with E-state index in [1.807, 2.05) is 0 Å². The number of carbonyl (C=O) groups excluding carboxylic acids is 4. The number of amides is 3. The summed E-state index contributed by atoms with van der Waals surface area (Å²) in [5, 5.41) is 2.61. The van der Waals surface area contributed by atoms with Gasteiger partial charge in [-0.3, -0.25) is 4.90 Å². The number of ether oxygens (including phenoxy) is 4.